The van der Waals surface area contributed by atoms with Gasteiger partial charge in [-0.05, 0) is 26.8 Å². The van der Waals surface area contributed by atoms with Crippen LogP contribution in [-0.2, 0) is 15.0 Å². The molecule has 152 valence electrons. The topological polar surface area (TPSA) is 88.3 Å². The highest BCUT2D eigenvalue weighted by Gasteiger charge is 2.36. The molecule has 0 aromatic carbocycles. The van der Waals surface area contributed by atoms with E-state index in [1.165, 1.54) is 4.90 Å². The Morgan fingerprint density at radius 1 is 1.21 bits per heavy atom. The molecule has 0 aliphatic rings. The molecule has 2 aromatic rings. The summed E-state index contributed by atoms with van der Waals surface area (Å²) in [6.45, 7) is 13.4. The predicted molar refractivity (Wildman–Crippen MR) is 108 cm³/mol. The summed E-state index contributed by atoms with van der Waals surface area (Å²) in [5, 5.41) is 7.07. The lowest BCUT2D eigenvalue weighted by molar-refractivity contribution is -0.127. The van der Waals surface area contributed by atoms with E-state index in [0.29, 0.717) is 17.1 Å². The second-order valence-corrected chi connectivity index (χ2v) is 8.84. The number of amides is 2. The van der Waals surface area contributed by atoms with E-state index in [0.717, 1.165) is 0 Å². The van der Waals surface area contributed by atoms with Gasteiger partial charge in [-0.25, -0.2) is 0 Å². The quantitative estimate of drug-likeness (QED) is 0.845. The Balaban J connectivity index is 2.58. The zero-order chi connectivity index (χ0) is 21.1. The summed E-state index contributed by atoms with van der Waals surface area (Å²) >= 11 is 0. The van der Waals surface area contributed by atoms with Gasteiger partial charge in [0.15, 0.2) is 5.82 Å². The lowest BCUT2D eigenvalue weighted by Gasteiger charge is -2.31. The molecule has 0 aliphatic heterocycles. The van der Waals surface area contributed by atoms with Gasteiger partial charge in [0.05, 0.1) is 0 Å². The average molecular weight is 386 g/mol. The number of aromatic nitrogens is 2. The van der Waals surface area contributed by atoms with Gasteiger partial charge in [0.25, 0.3) is 0 Å². The minimum absolute atomic E-state index is 0.220. The van der Waals surface area contributed by atoms with Crippen molar-refractivity contribution in [1.29, 1.82) is 0 Å². The van der Waals surface area contributed by atoms with Crippen molar-refractivity contribution in [2.24, 2.45) is 0 Å². The summed E-state index contributed by atoms with van der Waals surface area (Å²) < 4.78 is 5.48. The predicted octanol–water partition coefficient (Wildman–Crippen LogP) is 3.77. The van der Waals surface area contributed by atoms with Crippen LogP contribution in [0.3, 0.4) is 0 Å². The first-order chi connectivity index (χ1) is 12.9. The number of pyridine rings is 1. The number of anilines is 1. The van der Waals surface area contributed by atoms with Gasteiger partial charge in [-0.15, -0.1) is 0 Å². The van der Waals surface area contributed by atoms with Gasteiger partial charge >= 0.3 is 0 Å². The molecule has 0 saturated heterocycles. The van der Waals surface area contributed by atoms with Crippen LogP contribution in [0.15, 0.2) is 35.1 Å². The highest BCUT2D eigenvalue weighted by Crippen LogP contribution is 2.32. The molecule has 2 aromatic heterocycles. The van der Waals surface area contributed by atoms with Crippen LogP contribution >= 0.6 is 0 Å². The number of rotatable bonds is 5. The Morgan fingerprint density at radius 2 is 1.89 bits per heavy atom. The second-order valence-electron chi connectivity index (χ2n) is 8.84. The third-order valence-electron chi connectivity index (χ3n) is 4.06. The molecule has 1 N–H and O–H groups in total. The fraction of sp³-hybridized carbons (Fsp3) is 0.524. The van der Waals surface area contributed by atoms with Crippen LogP contribution in [0.2, 0.25) is 0 Å². The molecule has 7 heteroatoms. The van der Waals surface area contributed by atoms with Crippen LogP contribution in [0.1, 0.15) is 72.3 Å². The standard InChI is InChI=1S/C21H30N4O3/c1-8-17(26)25(16-12-15(28-24-16)20(2,3)4)18(14-10-9-11-22-13-14)19(27)23-21(5,6)7/h9-13,18H,8H2,1-7H3,(H,23,27)/t18-/m1/s1. The highest BCUT2D eigenvalue weighted by molar-refractivity contribution is 6.00. The molecule has 0 unspecified atom stereocenters. The van der Waals surface area contributed by atoms with Crippen LogP contribution in [-0.4, -0.2) is 27.5 Å². The Labute approximate surface area is 166 Å². The lowest BCUT2D eigenvalue weighted by Crippen LogP contribution is -2.49. The zero-order valence-corrected chi connectivity index (χ0v) is 17.7. The molecular formula is C21H30N4O3. The summed E-state index contributed by atoms with van der Waals surface area (Å²) in [5.41, 5.74) is -0.131. The molecule has 0 aliphatic carbocycles. The molecule has 2 heterocycles. The molecule has 7 nitrogen and oxygen atoms in total. The fourth-order valence-electron chi connectivity index (χ4n) is 2.70. The van der Waals surface area contributed by atoms with Crippen LogP contribution in [0.5, 0.6) is 0 Å². The van der Waals surface area contributed by atoms with Crippen molar-refractivity contribution in [3.8, 4) is 0 Å². The number of hydrogen-bond donors (Lipinski definition) is 1. The van der Waals surface area contributed by atoms with Crippen molar-refractivity contribution in [1.82, 2.24) is 15.5 Å². The average Bonchev–Trinajstić information content (AvgIpc) is 3.08. The van der Waals surface area contributed by atoms with Gasteiger partial charge < -0.3 is 9.84 Å². The van der Waals surface area contributed by atoms with Crippen LogP contribution in [0.4, 0.5) is 5.82 Å². The SMILES string of the molecule is CCC(=O)N(c1cc(C(C)(C)C)on1)[C@@H](C(=O)NC(C)(C)C)c1cccnc1. The van der Waals surface area contributed by atoms with Crippen molar-refractivity contribution in [3.63, 3.8) is 0 Å². The number of hydrogen-bond acceptors (Lipinski definition) is 5. The number of carbonyl (C=O) groups excluding carboxylic acids is 2. The Hall–Kier alpha value is -2.70. The lowest BCUT2D eigenvalue weighted by atomic mass is 9.93. The largest absolute Gasteiger partial charge is 0.359 e. The van der Waals surface area contributed by atoms with E-state index in [1.54, 1.807) is 37.5 Å². The Bertz CT molecular complexity index is 816. The van der Waals surface area contributed by atoms with E-state index >= 15 is 0 Å². The van der Waals surface area contributed by atoms with E-state index in [-0.39, 0.29) is 23.7 Å². The third kappa shape index (κ3) is 5.18. The van der Waals surface area contributed by atoms with Gasteiger partial charge in [-0.2, -0.15) is 0 Å². The fourth-order valence-corrected chi connectivity index (χ4v) is 2.70. The van der Waals surface area contributed by atoms with Gasteiger partial charge in [-0.1, -0.05) is 38.9 Å². The highest BCUT2D eigenvalue weighted by atomic mass is 16.5. The molecule has 28 heavy (non-hydrogen) atoms. The molecule has 0 saturated carbocycles. The first kappa shape index (κ1) is 21.6. The Kier molecular flexibility index (Phi) is 6.27. The van der Waals surface area contributed by atoms with E-state index in [4.69, 9.17) is 4.52 Å². The summed E-state index contributed by atoms with van der Waals surface area (Å²) in [4.78, 5) is 31.6. The molecular weight excluding hydrogens is 356 g/mol. The minimum atomic E-state index is -0.904. The van der Waals surface area contributed by atoms with Crippen molar-refractivity contribution in [3.05, 3.63) is 41.9 Å². The number of nitrogens with zero attached hydrogens (tertiary/aromatic N) is 3. The van der Waals surface area contributed by atoms with E-state index in [1.807, 2.05) is 41.5 Å². The number of nitrogens with one attached hydrogen (secondary N) is 1. The smallest absolute Gasteiger partial charge is 0.248 e. The van der Waals surface area contributed by atoms with Gasteiger partial charge in [-0.3, -0.25) is 19.5 Å². The van der Waals surface area contributed by atoms with Crippen molar-refractivity contribution >= 4 is 17.6 Å². The molecule has 0 spiro atoms. The summed E-state index contributed by atoms with van der Waals surface area (Å²) in [5.74, 6) is 0.418. The van der Waals surface area contributed by atoms with Crippen LogP contribution in [0.25, 0.3) is 0 Å². The van der Waals surface area contributed by atoms with Crippen LogP contribution < -0.4 is 10.2 Å². The van der Waals surface area contributed by atoms with E-state index < -0.39 is 11.6 Å². The zero-order valence-electron chi connectivity index (χ0n) is 17.7. The molecule has 0 bridgehead atoms. The summed E-state index contributed by atoms with van der Waals surface area (Å²) in [6.07, 6.45) is 3.44. The van der Waals surface area contributed by atoms with Crippen molar-refractivity contribution in [2.75, 3.05) is 4.90 Å². The summed E-state index contributed by atoms with van der Waals surface area (Å²) in [7, 11) is 0. The Morgan fingerprint density at radius 3 is 2.36 bits per heavy atom. The first-order valence-electron chi connectivity index (χ1n) is 9.45. The molecule has 0 fully saturated rings. The maximum atomic E-state index is 13.2. The molecule has 1 atom stereocenters. The first-order valence-corrected chi connectivity index (χ1v) is 9.45. The second kappa shape index (κ2) is 8.12. The maximum Gasteiger partial charge on any atom is 0.248 e. The third-order valence-corrected chi connectivity index (χ3v) is 4.06. The van der Waals surface area contributed by atoms with Crippen molar-refractivity contribution in [2.45, 2.75) is 71.9 Å². The van der Waals surface area contributed by atoms with Gasteiger partial charge in [0.1, 0.15) is 11.8 Å². The molecule has 2 rings (SSSR count). The summed E-state index contributed by atoms with van der Waals surface area (Å²) in [6, 6.07) is 4.34. The van der Waals surface area contributed by atoms with Crippen LogP contribution in [0, 0.1) is 0 Å². The van der Waals surface area contributed by atoms with Gasteiger partial charge in [0, 0.05) is 41.4 Å². The van der Waals surface area contributed by atoms with E-state index in [2.05, 4.69) is 15.5 Å². The van der Waals surface area contributed by atoms with Gasteiger partial charge in [0.2, 0.25) is 11.8 Å². The van der Waals surface area contributed by atoms with Crippen molar-refractivity contribution < 1.29 is 14.1 Å². The number of carbonyl (C=O) groups is 2. The normalized spacial score (nSPS) is 13.1. The van der Waals surface area contributed by atoms with E-state index in [9.17, 15) is 9.59 Å². The maximum absolute atomic E-state index is 13.2. The molecule has 2 amide bonds. The molecule has 0 radical (unpaired) electrons. The monoisotopic (exact) mass is 386 g/mol. The minimum Gasteiger partial charge on any atom is -0.359 e.